The number of benzene rings is 1. The number of nitrogens with zero attached hydrogens (tertiary/aromatic N) is 1. The van der Waals surface area contributed by atoms with Crippen LogP contribution < -0.4 is 5.32 Å². The van der Waals surface area contributed by atoms with Gasteiger partial charge in [-0.25, -0.2) is 0 Å². The molecule has 0 aliphatic heterocycles. The highest BCUT2D eigenvalue weighted by Gasteiger charge is 2.15. The van der Waals surface area contributed by atoms with Crippen LogP contribution in [0.5, 0.6) is 0 Å². The van der Waals surface area contributed by atoms with Crippen LogP contribution in [0, 0.1) is 0 Å². The number of nitrogens with one attached hydrogen (secondary N) is 1. The van der Waals surface area contributed by atoms with Gasteiger partial charge in [-0.3, -0.25) is 9.78 Å². The number of carbonyl (C=O) groups is 1. The third kappa shape index (κ3) is 5.66. The lowest BCUT2D eigenvalue weighted by atomic mass is 10.2. The molecular formula is C17H22N2O2S. The van der Waals surface area contributed by atoms with Crippen molar-refractivity contribution in [3.63, 3.8) is 0 Å². The molecule has 0 aliphatic rings. The molecule has 1 heterocycles. The van der Waals surface area contributed by atoms with E-state index in [9.17, 15) is 4.79 Å². The number of fused-ring (bicyclic) bond motifs is 1. The van der Waals surface area contributed by atoms with Crippen LogP contribution in [-0.2, 0) is 9.53 Å². The summed E-state index contributed by atoms with van der Waals surface area (Å²) in [6.45, 7) is 6.62. The topological polar surface area (TPSA) is 51.2 Å². The van der Waals surface area contributed by atoms with Crippen molar-refractivity contribution < 1.29 is 9.53 Å². The highest BCUT2D eigenvalue weighted by Crippen LogP contribution is 2.22. The van der Waals surface area contributed by atoms with Crippen molar-refractivity contribution in [2.24, 2.45) is 0 Å². The van der Waals surface area contributed by atoms with Crippen LogP contribution in [0.1, 0.15) is 20.8 Å². The maximum absolute atomic E-state index is 11.5. The fourth-order valence-corrected chi connectivity index (χ4v) is 2.82. The van der Waals surface area contributed by atoms with E-state index in [1.54, 1.807) is 18.0 Å². The van der Waals surface area contributed by atoms with Gasteiger partial charge in [-0.1, -0.05) is 6.07 Å². The summed E-state index contributed by atoms with van der Waals surface area (Å²) in [6, 6.07) is 8.36. The number of carbonyl (C=O) groups excluding carboxylic acids is 1. The van der Waals surface area contributed by atoms with Crippen molar-refractivity contribution in [2.45, 2.75) is 31.3 Å². The quantitative estimate of drug-likeness (QED) is 0.503. The van der Waals surface area contributed by atoms with Crippen LogP contribution in [0.4, 0.5) is 0 Å². The molecule has 0 saturated carbocycles. The maximum atomic E-state index is 11.5. The van der Waals surface area contributed by atoms with E-state index in [0.29, 0.717) is 0 Å². The van der Waals surface area contributed by atoms with Crippen molar-refractivity contribution in [1.29, 1.82) is 0 Å². The second-order valence-corrected chi connectivity index (χ2v) is 7.16. The van der Waals surface area contributed by atoms with Gasteiger partial charge in [0.1, 0.15) is 5.60 Å². The van der Waals surface area contributed by atoms with E-state index < -0.39 is 5.60 Å². The van der Waals surface area contributed by atoms with Crippen LogP contribution in [-0.4, -0.2) is 35.4 Å². The van der Waals surface area contributed by atoms with E-state index >= 15 is 0 Å². The van der Waals surface area contributed by atoms with Gasteiger partial charge < -0.3 is 10.1 Å². The Balaban J connectivity index is 1.71. The zero-order valence-electron chi connectivity index (χ0n) is 13.3. The molecule has 1 N–H and O–H groups in total. The predicted molar refractivity (Wildman–Crippen MR) is 91.2 cm³/mol. The first-order chi connectivity index (χ1) is 10.4. The molecule has 4 nitrogen and oxygen atoms in total. The number of pyridine rings is 1. The SMILES string of the molecule is CC(C)(C)OC(=O)CNCCSc1ccc2ccncc2c1. The first-order valence-corrected chi connectivity index (χ1v) is 8.32. The van der Waals surface area contributed by atoms with Gasteiger partial charge in [0.2, 0.25) is 0 Å². The van der Waals surface area contributed by atoms with Crippen molar-refractivity contribution >= 4 is 28.5 Å². The highest BCUT2D eigenvalue weighted by atomic mass is 32.2. The number of hydrogen-bond acceptors (Lipinski definition) is 5. The Kier molecular flexibility index (Phi) is 5.80. The van der Waals surface area contributed by atoms with Gasteiger partial charge in [0.05, 0.1) is 6.54 Å². The third-order valence-electron chi connectivity index (χ3n) is 2.85. The molecule has 118 valence electrons. The summed E-state index contributed by atoms with van der Waals surface area (Å²) in [6.07, 6.45) is 3.68. The van der Waals surface area contributed by atoms with Crippen LogP contribution in [0.2, 0.25) is 0 Å². The molecule has 0 saturated heterocycles. The zero-order chi connectivity index (χ0) is 16.0. The van der Waals surface area contributed by atoms with Gasteiger partial charge in [-0.15, -0.1) is 11.8 Å². The molecule has 0 spiro atoms. The number of esters is 1. The maximum Gasteiger partial charge on any atom is 0.320 e. The first-order valence-electron chi connectivity index (χ1n) is 7.33. The standard InChI is InChI=1S/C17H22N2O2S/c1-17(2,3)21-16(20)12-19-8-9-22-15-5-4-13-6-7-18-11-14(13)10-15/h4-7,10-11,19H,8-9,12H2,1-3H3. The van der Waals surface area contributed by atoms with Gasteiger partial charge in [0, 0.05) is 35.0 Å². The Morgan fingerprint density at radius 1 is 1.27 bits per heavy atom. The summed E-state index contributed by atoms with van der Waals surface area (Å²) >= 11 is 1.76. The van der Waals surface area contributed by atoms with E-state index in [0.717, 1.165) is 17.7 Å². The van der Waals surface area contributed by atoms with Gasteiger partial charge >= 0.3 is 5.97 Å². The fraction of sp³-hybridized carbons (Fsp3) is 0.412. The summed E-state index contributed by atoms with van der Waals surface area (Å²) < 4.78 is 5.24. The largest absolute Gasteiger partial charge is 0.459 e. The fourth-order valence-electron chi connectivity index (χ4n) is 1.96. The zero-order valence-corrected chi connectivity index (χ0v) is 14.1. The molecule has 1 aromatic carbocycles. The van der Waals surface area contributed by atoms with Gasteiger partial charge in [-0.2, -0.15) is 0 Å². The summed E-state index contributed by atoms with van der Waals surface area (Å²) in [5, 5.41) is 5.45. The first kappa shape index (κ1) is 16.8. The summed E-state index contributed by atoms with van der Waals surface area (Å²) in [5.41, 5.74) is -0.424. The number of rotatable bonds is 6. The number of ether oxygens (including phenoxy) is 1. The summed E-state index contributed by atoms with van der Waals surface area (Å²) in [4.78, 5) is 16.9. The van der Waals surface area contributed by atoms with E-state index in [1.165, 1.54) is 10.3 Å². The molecule has 0 fully saturated rings. The smallest absolute Gasteiger partial charge is 0.320 e. The van der Waals surface area contributed by atoms with Crippen molar-refractivity contribution in [1.82, 2.24) is 10.3 Å². The lowest BCUT2D eigenvalue weighted by molar-refractivity contribution is -0.153. The average molecular weight is 318 g/mol. The normalized spacial score (nSPS) is 11.6. The second kappa shape index (κ2) is 7.61. The Morgan fingerprint density at radius 3 is 2.86 bits per heavy atom. The third-order valence-corrected chi connectivity index (χ3v) is 3.84. The Bertz CT molecular complexity index is 638. The molecule has 0 amide bonds. The molecule has 5 heteroatoms. The van der Waals surface area contributed by atoms with Crippen molar-refractivity contribution in [2.75, 3.05) is 18.8 Å². The van der Waals surface area contributed by atoms with Gasteiger partial charge in [-0.05, 0) is 44.4 Å². The second-order valence-electron chi connectivity index (χ2n) is 6.00. The van der Waals surface area contributed by atoms with Crippen LogP contribution in [0.25, 0.3) is 10.8 Å². The Morgan fingerprint density at radius 2 is 2.09 bits per heavy atom. The minimum atomic E-state index is -0.424. The molecule has 0 aliphatic carbocycles. The average Bonchev–Trinajstić information content (AvgIpc) is 2.45. The number of aromatic nitrogens is 1. The number of thioether (sulfide) groups is 1. The molecule has 0 radical (unpaired) electrons. The van der Waals surface area contributed by atoms with Crippen LogP contribution in [0.15, 0.2) is 41.6 Å². The highest BCUT2D eigenvalue weighted by molar-refractivity contribution is 7.99. The molecule has 2 rings (SSSR count). The van der Waals surface area contributed by atoms with Crippen molar-refractivity contribution in [3.8, 4) is 0 Å². The Labute approximate surface area is 135 Å². The minimum Gasteiger partial charge on any atom is -0.459 e. The summed E-state index contributed by atoms with van der Waals surface area (Å²) in [7, 11) is 0. The summed E-state index contributed by atoms with van der Waals surface area (Å²) in [5.74, 6) is 0.684. The number of hydrogen-bond donors (Lipinski definition) is 1. The van der Waals surface area contributed by atoms with Crippen molar-refractivity contribution in [3.05, 3.63) is 36.7 Å². The predicted octanol–water partition coefficient (Wildman–Crippen LogP) is 3.26. The van der Waals surface area contributed by atoms with E-state index in [-0.39, 0.29) is 12.5 Å². The molecule has 1 aromatic heterocycles. The van der Waals surface area contributed by atoms with Gasteiger partial charge in [0.15, 0.2) is 0 Å². The van der Waals surface area contributed by atoms with Crippen LogP contribution in [0.3, 0.4) is 0 Å². The molecule has 2 aromatic rings. The molecule has 22 heavy (non-hydrogen) atoms. The molecule has 0 atom stereocenters. The Hall–Kier alpha value is -1.59. The molecule has 0 bridgehead atoms. The van der Waals surface area contributed by atoms with E-state index in [2.05, 4.69) is 28.5 Å². The monoisotopic (exact) mass is 318 g/mol. The minimum absolute atomic E-state index is 0.214. The van der Waals surface area contributed by atoms with E-state index in [4.69, 9.17) is 4.74 Å². The van der Waals surface area contributed by atoms with Crippen LogP contribution >= 0.6 is 11.8 Å². The van der Waals surface area contributed by atoms with Gasteiger partial charge in [0.25, 0.3) is 0 Å². The van der Waals surface area contributed by atoms with E-state index in [1.807, 2.05) is 33.0 Å². The molecular weight excluding hydrogens is 296 g/mol. The molecule has 0 unspecified atom stereocenters. The lowest BCUT2D eigenvalue weighted by Crippen LogP contribution is -2.32. The lowest BCUT2D eigenvalue weighted by Gasteiger charge is -2.19.